The van der Waals surface area contributed by atoms with Gasteiger partial charge in [-0.3, -0.25) is 19.7 Å². The predicted octanol–water partition coefficient (Wildman–Crippen LogP) is 7.11. The Morgan fingerprint density at radius 1 is 0.947 bits per heavy atom. The summed E-state index contributed by atoms with van der Waals surface area (Å²) in [5.74, 6) is -1.62. The van der Waals surface area contributed by atoms with Crippen molar-refractivity contribution in [3.8, 4) is 11.3 Å². The molecule has 7 nitrogen and oxygen atoms in total. The van der Waals surface area contributed by atoms with Gasteiger partial charge >= 0.3 is 0 Å². The summed E-state index contributed by atoms with van der Waals surface area (Å²) in [7, 11) is 0. The number of anilines is 3. The van der Waals surface area contributed by atoms with E-state index in [0.29, 0.717) is 43.4 Å². The summed E-state index contributed by atoms with van der Waals surface area (Å²) in [6.07, 6.45) is 0. The number of amides is 3. The second-order valence-electron chi connectivity index (χ2n) is 8.24. The van der Waals surface area contributed by atoms with Crippen molar-refractivity contribution in [3.63, 3.8) is 0 Å². The molecule has 4 aromatic rings. The Bertz CT molecular complexity index is 1650. The number of benzene rings is 3. The highest BCUT2D eigenvalue weighted by atomic mass is 35.5. The van der Waals surface area contributed by atoms with Crippen molar-refractivity contribution in [2.75, 3.05) is 15.5 Å². The van der Waals surface area contributed by atoms with E-state index in [2.05, 4.69) is 15.6 Å². The fourth-order valence-corrected chi connectivity index (χ4v) is 5.27. The lowest BCUT2D eigenvalue weighted by atomic mass is 10.1. The van der Waals surface area contributed by atoms with Crippen molar-refractivity contribution in [3.05, 3.63) is 104 Å². The highest BCUT2D eigenvalue weighted by molar-refractivity contribution is 7.14. The van der Waals surface area contributed by atoms with Gasteiger partial charge in [0.1, 0.15) is 10.7 Å². The molecule has 0 aliphatic carbocycles. The third kappa shape index (κ3) is 5.04. The molecule has 2 N–H and O–H groups in total. The van der Waals surface area contributed by atoms with E-state index in [-0.39, 0.29) is 10.7 Å². The van der Waals surface area contributed by atoms with E-state index in [9.17, 15) is 14.4 Å². The van der Waals surface area contributed by atoms with Crippen LogP contribution in [0, 0.1) is 6.92 Å². The molecule has 0 bridgehead atoms. The number of carbonyl (C=O) groups is 3. The zero-order valence-corrected chi connectivity index (χ0v) is 22.7. The molecule has 0 fully saturated rings. The van der Waals surface area contributed by atoms with Gasteiger partial charge in [0.15, 0.2) is 5.13 Å². The highest BCUT2D eigenvalue weighted by Crippen LogP contribution is 2.34. The summed E-state index contributed by atoms with van der Waals surface area (Å²) < 4.78 is 0. The van der Waals surface area contributed by atoms with Crippen molar-refractivity contribution >= 4 is 80.4 Å². The molecule has 5 rings (SSSR count). The number of nitrogens with zero attached hydrogens (tertiary/aromatic N) is 2. The van der Waals surface area contributed by atoms with Crippen molar-refractivity contribution in [1.82, 2.24) is 4.98 Å². The number of rotatable bonds is 6. The molecule has 0 saturated heterocycles. The van der Waals surface area contributed by atoms with E-state index in [1.54, 1.807) is 73.0 Å². The second-order valence-corrected chi connectivity index (χ2v) is 10.3. The third-order valence-corrected chi connectivity index (χ3v) is 7.37. The molecule has 190 valence electrons. The maximum absolute atomic E-state index is 13.1. The van der Waals surface area contributed by atoms with Crippen molar-refractivity contribution in [2.24, 2.45) is 0 Å². The first-order valence-corrected chi connectivity index (χ1v) is 13.2. The summed E-state index contributed by atoms with van der Waals surface area (Å²) >= 11 is 19.7. The summed E-state index contributed by atoms with van der Waals surface area (Å²) in [4.78, 5) is 44.3. The number of hydrogen-bond donors (Lipinski definition) is 2. The smallest absolute Gasteiger partial charge is 0.283 e. The molecular weight excluding hydrogens is 567 g/mol. The maximum atomic E-state index is 13.1. The first-order chi connectivity index (χ1) is 18.2. The number of para-hydroxylation sites is 1. The van der Waals surface area contributed by atoms with Crippen LogP contribution in [0.25, 0.3) is 11.3 Å². The average Bonchev–Trinajstić information content (AvgIpc) is 3.43. The number of imide groups is 1. The fourth-order valence-electron chi connectivity index (χ4n) is 3.85. The lowest BCUT2D eigenvalue weighted by molar-refractivity contribution is -0.120. The Morgan fingerprint density at radius 2 is 1.74 bits per heavy atom. The van der Waals surface area contributed by atoms with Crippen LogP contribution >= 0.6 is 46.1 Å². The van der Waals surface area contributed by atoms with E-state index < -0.39 is 17.7 Å². The average molecular weight is 584 g/mol. The lowest BCUT2D eigenvalue weighted by Crippen LogP contribution is -2.32. The van der Waals surface area contributed by atoms with Crippen LogP contribution in [0.2, 0.25) is 10.0 Å². The Morgan fingerprint density at radius 3 is 2.50 bits per heavy atom. The molecule has 1 aliphatic heterocycles. The molecule has 0 unspecified atom stereocenters. The molecule has 1 aliphatic rings. The Balaban J connectivity index is 1.32. The van der Waals surface area contributed by atoms with Crippen molar-refractivity contribution < 1.29 is 14.4 Å². The Hall–Kier alpha value is -3.69. The van der Waals surface area contributed by atoms with Crippen LogP contribution in [-0.2, 0) is 9.59 Å². The Labute approximate surface area is 236 Å². The molecule has 1 aromatic heterocycles. The van der Waals surface area contributed by atoms with Crippen LogP contribution in [0.15, 0.2) is 82.8 Å². The number of thiazole rings is 1. The molecule has 0 saturated carbocycles. The minimum Gasteiger partial charge on any atom is -0.350 e. The van der Waals surface area contributed by atoms with E-state index in [4.69, 9.17) is 34.8 Å². The number of aromatic nitrogens is 1. The van der Waals surface area contributed by atoms with Gasteiger partial charge < -0.3 is 5.32 Å². The topological polar surface area (TPSA) is 91.4 Å². The van der Waals surface area contributed by atoms with Gasteiger partial charge in [0.2, 0.25) is 0 Å². The highest BCUT2D eigenvalue weighted by Gasteiger charge is 2.39. The van der Waals surface area contributed by atoms with Gasteiger partial charge in [0, 0.05) is 27.2 Å². The first-order valence-electron chi connectivity index (χ1n) is 11.2. The molecule has 0 radical (unpaired) electrons. The van der Waals surface area contributed by atoms with E-state index in [0.717, 1.165) is 10.5 Å². The minimum atomic E-state index is -0.622. The van der Waals surface area contributed by atoms with Crippen LogP contribution in [0.3, 0.4) is 0 Å². The van der Waals surface area contributed by atoms with Gasteiger partial charge in [-0.1, -0.05) is 59.1 Å². The summed E-state index contributed by atoms with van der Waals surface area (Å²) in [5, 5.41) is 8.56. The van der Waals surface area contributed by atoms with Gasteiger partial charge in [-0.2, -0.15) is 0 Å². The van der Waals surface area contributed by atoms with Crippen molar-refractivity contribution in [1.29, 1.82) is 0 Å². The van der Waals surface area contributed by atoms with E-state index in [1.165, 1.54) is 11.3 Å². The fraction of sp³-hybridized carbons (Fsp3) is 0.0370. The zero-order chi connectivity index (χ0) is 27.0. The standard InChI is InChI=1S/C27H17Cl3N4O3S/c1-14-5-2-3-8-21(14)34-25(36)22(30)23(26(34)37)31-17-7-4-6-15(11-17)24(35)33-27-32-20(13-38-27)18-10-9-16(28)12-19(18)29/h2-13,31H,1H3,(H,32,33,35). The molecule has 11 heteroatoms. The summed E-state index contributed by atoms with van der Waals surface area (Å²) in [5.41, 5.74) is 3.15. The van der Waals surface area contributed by atoms with Crippen LogP contribution in [0.5, 0.6) is 0 Å². The van der Waals surface area contributed by atoms with E-state index >= 15 is 0 Å². The zero-order valence-electron chi connectivity index (χ0n) is 19.6. The largest absolute Gasteiger partial charge is 0.350 e. The molecule has 0 spiro atoms. The molecule has 0 atom stereocenters. The number of hydrogen-bond acceptors (Lipinski definition) is 6. The predicted molar refractivity (Wildman–Crippen MR) is 152 cm³/mol. The number of halogens is 3. The first kappa shape index (κ1) is 25.9. The lowest BCUT2D eigenvalue weighted by Gasteiger charge is -2.17. The quantitative estimate of drug-likeness (QED) is 0.236. The van der Waals surface area contributed by atoms with Crippen LogP contribution in [-0.4, -0.2) is 22.7 Å². The SMILES string of the molecule is Cc1ccccc1N1C(=O)C(Cl)=C(Nc2cccc(C(=O)Nc3nc(-c4ccc(Cl)cc4Cl)cs3)c2)C1=O. The van der Waals surface area contributed by atoms with Crippen molar-refractivity contribution in [2.45, 2.75) is 6.92 Å². The van der Waals surface area contributed by atoms with Crippen LogP contribution in [0.4, 0.5) is 16.5 Å². The number of nitrogens with one attached hydrogen (secondary N) is 2. The molecular formula is C27H17Cl3N4O3S. The molecule has 3 amide bonds. The van der Waals surface area contributed by atoms with Gasteiger partial charge in [0.05, 0.1) is 16.4 Å². The van der Waals surface area contributed by atoms with Gasteiger partial charge in [-0.15, -0.1) is 11.3 Å². The monoisotopic (exact) mass is 582 g/mol. The summed E-state index contributed by atoms with van der Waals surface area (Å²) in [6, 6.07) is 18.6. The second kappa shape index (κ2) is 10.6. The maximum Gasteiger partial charge on any atom is 0.283 e. The number of aryl methyl sites for hydroxylation is 1. The minimum absolute atomic E-state index is 0.0677. The Kier molecular flexibility index (Phi) is 7.23. The third-order valence-electron chi connectivity index (χ3n) is 5.71. The van der Waals surface area contributed by atoms with Gasteiger partial charge in [-0.25, -0.2) is 9.88 Å². The normalized spacial score (nSPS) is 13.3. The van der Waals surface area contributed by atoms with Gasteiger partial charge in [0.25, 0.3) is 17.7 Å². The van der Waals surface area contributed by atoms with Gasteiger partial charge in [-0.05, 0) is 55.0 Å². The van der Waals surface area contributed by atoms with E-state index in [1.807, 2.05) is 6.07 Å². The number of carbonyl (C=O) groups excluding carboxylic acids is 3. The van der Waals surface area contributed by atoms with Crippen LogP contribution < -0.4 is 15.5 Å². The molecule has 2 heterocycles. The molecule has 38 heavy (non-hydrogen) atoms. The summed E-state index contributed by atoms with van der Waals surface area (Å²) in [6.45, 7) is 1.80. The molecule has 3 aromatic carbocycles. The van der Waals surface area contributed by atoms with Crippen LogP contribution in [0.1, 0.15) is 15.9 Å².